The maximum atomic E-state index is 11.9. The fraction of sp³-hybridized carbons (Fsp3) is 0.400. The fourth-order valence-corrected chi connectivity index (χ4v) is 2.00. The van der Waals surface area contributed by atoms with Crippen LogP contribution in [0.5, 0.6) is 11.5 Å². The Hall–Kier alpha value is -0.810. The summed E-state index contributed by atoms with van der Waals surface area (Å²) in [5.74, 6) is 0.0678. The van der Waals surface area contributed by atoms with Gasteiger partial charge in [0.15, 0.2) is 0 Å². The summed E-state index contributed by atoms with van der Waals surface area (Å²) >= 11 is 23.3. The van der Waals surface area contributed by atoms with Crippen molar-refractivity contribution >= 4 is 52.4 Å². The highest BCUT2D eigenvalue weighted by atomic mass is 35.5. The van der Waals surface area contributed by atoms with Crippen molar-refractivity contribution in [3.05, 3.63) is 33.8 Å². The second-order valence-corrected chi connectivity index (χ2v) is 6.33. The summed E-state index contributed by atoms with van der Waals surface area (Å²) < 4.78 is 16.0. The van der Waals surface area contributed by atoms with Gasteiger partial charge in [0.25, 0.3) is 5.06 Å². The largest absolute Gasteiger partial charge is 0.489 e. The number of carbonyl (C=O) groups is 1. The van der Waals surface area contributed by atoms with Crippen LogP contribution in [0.2, 0.25) is 5.02 Å². The first-order valence-electron chi connectivity index (χ1n) is 6.81. The molecule has 1 aromatic carbocycles. The van der Waals surface area contributed by atoms with E-state index in [9.17, 15) is 4.79 Å². The molecule has 1 rings (SSSR count). The molecule has 0 radical (unpaired) electrons. The Morgan fingerprint density at radius 1 is 1.30 bits per heavy atom. The maximum Gasteiger partial charge on any atom is 0.366 e. The highest BCUT2D eigenvalue weighted by Gasteiger charge is 2.39. The monoisotopic (exact) mass is 400 g/mol. The van der Waals surface area contributed by atoms with E-state index in [0.29, 0.717) is 5.75 Å². The number of ether oxygens (including phenoxy) is 3. The van der Waals surface area contributed by atoms with Gasteiger partial charge in [0.1, 0.15) is 22.6 Å². The third-order valence-electron chi connectivity index (χ3n) is 2.70. The van der Waals surface area contributed by atoms with Crippen LogP contribution in [-0.2, 0) is 9.53 Å². The van der Waals surface area contributed by atoms with Gasteiger partial charge in [0.2, 0.25) is 0 Å². The lowest BCUT2D eigenvalue weighted by molar-refractivity contribution is -0.154. The highest BCUT2D eigenvalue weighted by Crippen LogP contribution is 2.34. The van der Waals surface area contributed by atoms with Crippen LogP contribution in [0, 0.1) is 0 Å². The molecule has 1 unspecified atom stereocenters. The molecule has 0 aliphatic heterocycles. The highest BCUT2D eigenvalue weighted by molar-refractivity contribution is 6.55. The van der Waals surface area contributed by atoms with Gasteiger partial charge in [-0.25, -0.2) is 4.79 Å². The first-order valence-corrected chi connectivity index (χ1v) is 8.32. The van der Waals surface area contributed by atoms with Crippen molar-refractivity contribution in [2.45, 2.75) is 25.3 Å². The van der Waals surface area contributed by atoms with E-state index in [4.69, 9.17) is 60.6 Å². The molecular formula is C15H16Cl4O4. The van der Waals surface area contributed by atoms with Crippen LogP contribution in [-0.4, -0.2) is 24.2 Å². The minimum atomic E-state index is -1.63. The predicted molar refractivity (Wildman–Crippen MR) is 92.9 cm³/mol. The third-order valence-corrected chi connectivity index (χ3v) is 3.80. The molecule has 0 bridgehead atoms. The first-order chi connectivity index (χ1) is 10.8. The molecule has 0 aliphatic carbocycles. The summed E-state index contributed by atoms with van der Waals surface area (Å²) in [4.78, 5) is 11.9. The molecule has 128 valence electrons. The summed E-state index contributed by atoms with van der Waals surface area (Å²) in [7, 11) is 0. The zero-order chi connectivity index (χ0) is 17.5. The van der Waals surface area contributed by atoms with Gasteiger partial charge in [0, 0.05) is 12.5 Å². The van der Waals surface area contributed by atoms with Crippen molar-refractivity contribution in [1.82, 2.24) is 0 Å². The molecule has 0 N–H and O–H groups in total. The number of carbonyl (C=O) groups excluding carboxylic acids is 1. The molecule has 4 nitrogen and oxygen atoms in total. The van der Waals surface area contributed by atoms with Gasteiger partial charge < -0.3 is 14.2 Å². The molecule has 0 fully saturated rings. The van der Waals surface area contributed by atoms with Gasteiger partial charge in [-0.05, 0) is 25.1 Å². The number of hydrogen-bond donors (Lipinski definition) is 0. The molecule has 0 saturated carbocycles. The van der Waals surface area contributed by atoms with Crippen LogP contribution in [0.3, 0.4) is 0 Å². The topological polar surface area (TPSA) is 44.8 Å². The summed E-state index contributed by atoms with van der Waals surface area (Å²) in [5.41, 5.74) is 0. The van der Waals surface area contributed by atoms with Gasteiger partial charge >= 0.3 is 5.97 Å². The van der Waals surface area contributed by atoms with Crippen LogP contribution in [0.4, 0.5) is 0 Å². The molecule has 1 aromatic rings. The van der Waals surface area contributed by atoms with Gasteiger partial charge in [-0.1, -0.05) is 53.3 Å². The summed E-state index contributed by atoms with van der Waals surface area (Å²) in [6, 6.07) is 4.70. The number of esters is 1. The van der Waals surface area contributed by atoms with E-state index in [1.807, 2.05) is 0 Å². The molecule has 0 amide bonds. The second-order valence-electron chi connectivity index (χ2n) is 4.30. The van der Waals surface area contributed by atoms with Crippen molar-refractivity contribution < 1.29 is 19.0 Å². The van der Waals surface area contributed by atoms with Crippen molar-refractivity contribution in [2.24, 2.45) is 0 Å². The summed E-state index contributed by atoms with van der Waals surface area (Å²) in [6.45, 7) is 3.78. The van der Waals surface area contributed by atoms with Crippen molar-refractivity contribution in [3.8, 4) is 11.5 Å². The lowest BCUT2D eigenvalue weighted by Gasteiger charge is -2.25. The summed E-state index contributed by atoms with van der Waals surface area (Å²) in [5, 5.41) is -1.39. The van der Waals surface area contributed by atoms with Crippen molar-refractivity contribution in [2.75, 3.05) is 13.2 Å². The average Bonchev–Trinajstić information content (AvgIpc) is 2.49. The van der Waals surface area contributed by atoms with Gasteiger partial charge in [-0.15, -0.1) is 0 Å². The van der Waals surface area contributed by atoms with Crippen LogP contribution in [0.15, 0.2) is 28.8 Å². The minimum Gasteiger partial charge on any atom is -0.489 e. The van der Waals surface area contributed by atoms with E-state index in [1.54, 1.807) is 26.0 Å². The number of rotatable bonds is 8. The first kappa shape index (κ1) is 20.2. The molecule has 1 atom stereocenters. The number of alkyl halides is 1. The second kappa shape index (κ2) is 9.48. The fourth-order valence-electron chi connectivity index (χ4n) is 1.53. The lowest BCUT2D eigenvalue weighted by Crippen LogP contribution is -2.39. The Morgan fingerprint density at radius 3 is 2.52 bits per heavy atom. The molecule has 0 spiro atoms. The Bertz CT molecular complexity index is 573. The minimum absolute atomic E-state index is 0.111. The Balaban J connectivity index is 2.84. The molecule has 23 heavy (non-hydrogen) atoms. The molecule has 8 heteroatoms. The smallest absolute Gasteiger partial charge is 0.366 e. The molecule has 0 aromatic heterocycles. The van der Waals surface area contributed by atoms with E-state index in [1.165, 1.54) is 12.1 Å². The van der Waals surface area contributed by atoms with Crippen LogP contribution < -0.4 is 9.47 Å². The summed E-state index contributed by atoms with van der Waals surface area (Å²) in [6.07, 6.45) is 1.70. The average molecular weight is 402 g/mol. The quantitative estimate of drug-likeness (QED) is 0.436. The molecule has 0 heterocycles. The van der Waals surface area contributed by atoms with E-state index < -0.39 is 11.0 Å². The molecular weight excluding hydrogens is 386 g/mol. The lowest BCUT2D eigenvalue weighted by atomic mass is 10.2. The number of halogens is 4. The van der Waals surface area contributed by atoms with Crippen molar-refractivity contribution in [3.63, 3.8) is 0 Å². The van der Waals surface area contributed by atoms with Crippen LogP contribution in [0.1, 0.15) is 20.3 Å². The zero-order valence-electron chi connectivity index (χ0n) is 12.6. The zero-order valence-corrected chi connectivity index (χ0v) is 15.6. The Kier molecular flexibility index (Phi) is 8.34. The number of hydrogen-bond acceptors (Lipinski definition) is 4. The van der Waals surface area contributed by atoms with E-state index in [2.05, 4.69) is 0 Å². The maximum absolute atomic E-state index is 11.9. The molecule has 0 saturated heterocycles. The number of benzene rings is 1. The van der Waals surface area contributed by atoms with Gasteiger partial charge in [-0.3, -0.25) is 0 Å². The molecule has 0 aliphatic rings. The van der Waals surface area contributed by atoms with E-state index in [-0.39, 0.29) is 34.9 Å². The third kappa shape index (κ3) is 6.30. The standard InChI is InChI=1S/C15H16Cl4O4/c1-3-15(19,14(20)21-4-2)23-12-6-5-10(9-11(12)16)22-8-7-13(17)18/h5-7,9H,3-4,8H2,1-2H3. The Labute approximate surface area is 155 Å². The Morgan fingerprint density at radius 2 is 2.00 bits per heavy atom. The SMILES string of the molecule is CCOC(=O)C(Cl)(CC)Oc1ccc(OCC=C(Cl)Cl)cc1Cl. The predicted octanol–water partition coefficient (Wildman–Crippen LogP) is 5.32. The van der Waals surface area contributed by atoms with Gasteiger partial charge in [-0.2, -0.15) is 0 Å². The normalized spacial score (nSPS) is 13.0. The van der Waals surface area contributed by atoms with E-state index in [0.717, 1.165) is 0 Å². The van der Waals surface area contributed by atoms with Crippen LogP contribution in [0.25, 0.3) is 0 Å². The van der Waals surface area contributed by atoms with Gasteiger partial charge in [0.05, 0.1) is 11.6 Å². The van der Waals surface area contributed by atoms with Crippen LogP contribution >= 0.6 is 46.4 Å². The van der Waals surface area contributed by atoms with E-state index >= 15 is 0 Å². The van der Waals surface area contributed by atoms with Crippen molar-refractivity contribution in [1.29, 1.82) is 0 Å².